The second kappa shape index (κ2) is 14.3. The molecule has 0 saturated carbocycles. The standard InChI is InChI=1S/C30H45N3O6/c1-29(2,3)33(28(37)38)24(18-22-15-11-8-12-16-22)26(35)20-31-19-25(34)23(17-21-13-9-7-10-14-21)32-27(36)39-30(4,5)6/h7-16,23-26,31,34-35H,17-20H2,1-6H3,(H,32,36)(H,37,38)/t23-,24+,25-,26?/m0/s1. The lowest BCUT2D eigenvalue weighted by molar-refractivity contribution is 0.00615. The Morgan fingerprint density at radius 2 is 1.31 bits per heavy atom. The number of amides is 2. The van der Waals surface area contributed by atoms with Gasteiger partial charge in [0.05, 0.1) is 24.3 Å². The number of nitrogens with zero attached hydrogens (tertiary/aromatic N) is 1. The second-order valence-electron chi connectivity index (χ2n) is 11.8. The van der Waals surface area contributed by atoms with Crippen LogP contribution in [-0.2, 0) is 17.6 Å². The Hall–Kier alpha value is -3.14. The number of ether oxygens (including phenoxy) is 1. The van der Waals surface area contributed by atoms with Crippen molar-refractivity contribution in [3.8, 4) is 0 Å². The van der Waals surface area contributed by atoms with Crippen molar-refractivity contribution in [2.75, 3.05) is 13.1 Å². The highest BCUT2D eigenvalue weighted by Crippen LogP contribution is 2.23. The van der Waals surface area contributed by atoms with E-state index in [-0.39, 0.29) is 13.1 Å². The summed E-state index contributed by atoms with van der Waals surface area (Å²) < 4.78 is 5.38. The van der Waals surface area contributed by atoms with Crippen LogP contribution in [0.1, 0.15) is 52.7 Å². The number of carboxylic acid groups (broad SMARTS) is 1. The zero-order valence-corrected chi connectivity index (χ0v) is 23.9. The Bertz CT molecular complexity index is 1020. The molecule has 9 heteroatoms. The Morgan fingerprint density at radius 3 is 1.77 bits per heavy atom. The molecule has 0 radical (unpaired) electrons. The van der Waals surface area contributed by atoms with Gasteiger partial charge < -0.3 is 30.7 Å². The number of benzene rings is 2. The number of carbonyl (C=O) groups excluding carboxylic acids is 1. The highest BCUT2D eigenvalue weighted by atomic mass is 16.6. The number of aliphatic hydroxyl groups excluding tert-OH is 2. The molecule has 39 heavy (non-hydrogen) atoms. The third-order valence-electron chi connectivity index (χ3n) is 6.16. The van der Waals surface area contributed by atoms with Gasteiger partial charge in [-0.25, -0.2) is 9.59 Å². The minimum Gasteiger partial charge on any atom is -0.465 e. The topological polar surface area (TPSA) is 131 Å². The highest BCUT2D eigenvalue weighted by Gasteiger charge is 2.37. The summed E-state index contributed by atoms with van der Waals surface area (Å²) in [6.07, 6.45) is -3.11. The van der Waals surface area contributed by atoms with Gasteiger partial charge in [0.25, 0.3) is 0 Å². The summed E-state index contributed by atoms with van der Waals surface area (Å²) in [4.78, 5) is 26.0. The van der Waals surface area contributed by atoms with E-state index in [0.29, 0.717) is 12.8 Å². The van der Waals surface area contributed by atoms with Gasteiger partial charge in [-0.15, -0.1) is 0 Å². The van der Waals surface area contributed by atoms with Gasteiger partial charge in [-0.3, -0.25) is 4.90 Å². The lowest BCUT2D eigenvalue weighted by Gasteiger charge is -2.42. The number of carbonyl (C=O) groups is 2. The zero-order valence-electron chi connectivity index (χ0n) is 23.9. The molecule has 1 unspecified atom stereocenters. The molecule has 0 spiro atoms. The van der Waals surface area contributed by atoms with Crippen molar-refractivity contribution in [1.29, 1.82) is 0 Å². The number of alkyl carbamates (subject to hydrolysis) is 1. The quantitative estimate of drug-likeness (QED) is 0.275. The first-order valence-corrected chi connectivity index (χ1v) is 13.3. The van der Waals surface area contributed by atoms with Crippen molar-refractivity contribution >= 4 is 12.2 Å². The van der Waals surface area contributed by atoms with Crippen molar-refractivity contribution in [3.05, 3.63) is 71.8 Å². The number of nitrogens with one attached hydrogen (secondary N) is 2. The average Bonchev–Trinajstić information content (AvgIpc) is 2.82. The third kappa shape index (κ3) is 11.2. The molecule has 0 aliphatic heterocycles. The summed E-state index contributed by atoms with van der Waals surface area (Å²) in [7, 11) is 0. The average molecular weight is 544 g/mol. The molecule has 2 rings (SSSR count). The molecule has 0 aromatic heterocycles. The first kappa shape index (κ1) is 32.1. The normalized spacial score (nSPS) is 15.1. The summed E-state index contributed by atoms with van der Waals surface area (Å²) in [5.74, 6) is 0. The predicted molar refractivity (Wildman–Crippen MR) is 152 cm³/mol. The molecule has 4 atom stereocenters. The van der Waals surface area contributed by atoms with Crippen LogP contribution in [-0.4, -0.2) is 80.9 Å². The first-order chi connectivity index (χ1) is 18.2. The van der Waals surface area contributed by atoms with Crippen LogP contribution in [0, 0.1) is 0 Å². The lowest BCUT2D eigenvalue weighted by Crippen LogP contribution is -2.58. The van der Waals surface area contributed by atoms with Gasteiger partial charge in [0.1, 0.15) is 5.60 Å². The molecule has 2 amide bonds. The van der Waals surface area contributed by atoms with E-state index in [1.807, 2.05) is 60.7 Å². The maximum absolute atomic E-state index is 12.5. The van der Waals surface area contributed by atoms with Crippen LogP contribution >= 0.6 is 0 Å². The molecule has 0 saturated heterocycles. The molecule has 0 aliphatic rings. The summed E-state index contributed by atoms with van der Waals surface area (Å²) >= 11 is 0. The Balaban J connectivity index is 2.12. The van der Waals surface area contributed by atoms with E-state index in [9.17, 15) is 24.9 Å². The maximum Gasteiger partial charge on any atom is 0.408 e. The molecular weight excluding hydrogens is 498 g/mol. The fraction of sp³-hybridized carbons (Fsp3) is 0.533. The van der Waals surface area contributed by atoms with E-state index < -0.39 is 47.6 Å². The number of aliphatic hydroxyl groups is 2. The zero-order chi connectivity index (χ0) is 29.2. The van der Waals surface area contributed by atoms with Gasteiger partial charge in [0, 0.05) is 18.6 Å². The van der Waals surface area contributed by atoms with Gasteiger partial charge in [0.15, 0.2) is 0 Å². The molecule has 0 aliphatic carbocycles. The van der Waals surface area contributed by atoms with Crippen LogP contribution in [0.2, 0.25) is 0 Å². The molecule has 2 aromatic carbocycles. The summed E-state index contributed by atoms with van der Waals surface area (Å²) in [5, 5.41) is 38.0. The Labute approximate surface area is 232 Å². The van der Waals surface area contributed by atoms with Crippen LogP contribution in [0.25, 0.3) is 0 Å². The first-order valence-electron chi connectivity index (χ1n) is 13.3. The summed E-state index contributed by atoms with van der Waals surface area (Å²) in [6.45, 7) is 10.8. The molecule has 2 aromatic rings. The predicted octanol–water partition coefficient (Wildman–Crippen LogP) is 3.82. The van der Waals surface area contributed by atoms with Crippen LogP contribution < -0.4 is 10.6 Å². The van der Waals surface area contributed by atoms with E-state index in [1.54, 1.807) is 41.5 Å². The molecule has 0 heterocycles. The molecule has 216 valence electrons. The van der Waals surface area contributed by atoms with Crippen molar-refractivity contribution < 1.29 is 29.6 Å². The minimum absolute atomic E-state index is 0.0406. The van der Waals surface area contributed by atoms with E-state index >= 15 is 0 Å². The largest absolute Gasteiger partial charge is 0.465 e. The van der Waals surface area contributed by atoms with E-state index in [1.165, 1.54) is 4.90 Å². The monoisotopic (exact) mass is 543 g/mol. The second-order valence-corrected chi connectivity index (χ2v) is 11.8. The van der Waals surface area contributed by atoms with Crippen LogP contribution in [0.4, 0.5) is 9.59 Å². The molecular formula is C30H45N3O6. The highest BCUT2D eigenvalue weighted by molar-refractivity contribution is 5.68. The van der Waals surface area contributed by atoms with Crippen molar-refractivity contribution in [3.63, 3.8) is 0 Å². The van der Waals surface area contributed by atoms with Crippen molar-refractivity contribution in [1.82, 2.24) is 15.5 Å². The van der Waals surface area contributed by atoms with Gasteiger partial charge in [0.2, 0.25) is 0 Å². The number of hydrogen-bond donors (Lipinski definition) is 5. The minimum atomic E-state index is -1.12. The molecule has 9 nitrogen and oxygen atoms in total. The van der Waals surface area contributed by atoms with E-state index in [0.717, 1.165) is 11.1 Å². The SMILES string of the molecule is CC(C)(C)OC(=O)N[C@@H](Cc1ccccc1)[C@@H](O)CNCC(O)[C@@H](Cc1ccccc1)N(C(=O)O)C(C)(C)C. The van der Waals surface area contributed by atoms with Crippen LogP contribution in [0.5, 0.6) is 0 Å². The van der Waals surface area contributed by atoms with E-state index in [4.69, 9.17) is 4.74 Å². The van der Waals surface area contributed by atoms with Crippen LogP contribution in [0.15, 0.2) is 60.7 Å². The third-order valence-corrected chi connectivity index (χ3v) is 6.16. The molecule has 0 bridgehead atoms. The van der Waals surface area contributed by atoms with Crippen molar-refractivity contribution in [2.45, 2.75) is 89.8 Å². The van der Waals surface area contributed by atoms with Gasteiger partial charge in [-0.05, 0) is 65.5 Å². The lowest BCUT2D eigenvalue weighted by atomic mass is 9.94. The molecule has 0 fully saturated rings. The smallest absolute Gasteiger partial charge is 0.408 e. The van der Waals surface area contributed by atoms with Gasteiger partial charge >= 0.3 is 12.2 Å². The fourth-order valence-electron chi connectivity index (χ4n) is 4.45. The van der Waals surface area contributed by atoms with Crippen LogP contribution in [0.3, 0.4) is 0 Å². The van der Waals surface area contributed by atoms with Crippen molar-refractivity contribution in [2.24, 2.45) is 0 Å². The Morgan fingerprint density at radius 1 is 0.821 bits per heavy atom. The summed E-state index contributed by atoms with van der Waals surface area (Å²) in [5.41, 5.74) is 0.402. The van der Waals surface area contributed by atoms with Gasteiger partial charge in [-0.1, -0.05) is 60.7 Å². The van der Waals surface area contributed by atoms with Gasteiger partial charge in [-0.2, -0.15) is 0 Å². The number of hydrogen-bond acceptors (Lipinski definition) is 6. The molecule has 5 N–H and O–H groups in total. The number of rotatable bonds is 12. The Kier molecular flexibility index (Phi) is 11.8. The summed E-state index contributed by atoms with van der Waals surface area (Å²) in [6, 6.07) is 17.5. The maximum atomic E-state index is 12.5. The van der Waals surface area contributed by atoms with E-state index in [2.05, 4.69) is 10.6 Å². The fourth-order valence-corrected chi connectivity index (χ4v) is 4.45.